The molecule has 0 aliphatic carbocycles. The zero-order chi connectivity index (χ0) is 22.1. The van der Waals surface area contributed by atoms with Crippen molar-refractivity contribution in [3.8, 4) is 11.6 Å². The molecular formula is C22H18ClFN4O3. The van der Waals surface area contributed by atoms with E-state index in [9.17, 15) is 14.0 Å². The van der Waals surface area contributed by atoms with Gasteiger partial charge in [-0.2, -0.15) is 0 Å². The van der Waals surface area contributed by atoms with Crippen molar-refractivity contribution in [2.24, 2.45) is 7.05 Å². The molecule has 4 rings (SSSR count). The fraction of sp³-hybridized carbons (Fsp3) is 0.136. The number of aromatic amines is 1. The van der Waals surface area contributed by atoms with Gasteiger partial charge in [0.25, 0.3) is 5.91 Å². The molecule has 4 aromatic rings. The summed E-state index contributed by atoms with van der Waals surface area (Å²) in [5.41, 5.74) is 2.23. The summed E-state index contributed by atoms with van der Waals surface area (Å²) < 4.78 is 20.8. The van der Waals surface area contributed by atoms with Gasteiger partial charge in [-0.15, -0.1) is 0 Å². The van der Waals surface area contributed by atoms with Crippen LogP contribution >= 0.6 is 11.6 Å². The van der Waals surface area contributed by atoms with Crippen molar-refractivity contribution < 1.29 is 13.9 Å². The lowest BCUT2D eigenvalue weighted by atomic mass is 10.1. The van der Waals surface area contributed by atoms with Crippen LogP contribution in [0.15, 0.2) is 59.5 Å². The van der Waals surface area contributed by atoms with E-state index in [1.54, 1.807) is 43.6 Å². The number of rotatable bonds is 5. The van der Waals surface area contributed by atoms with E-state index in [2.05, 4.69) is 15.3 Å². The van der Waals surface area contributed by atoms with Crippen LogP contribution in [0.5, 0.6) is 11.6 Å². The van der Waals surface area contributed by atoms with Crippen molar-refractivity contribution in [2.75, 3.05) is 0 Å². The first-order valence-corrected chi connectivity index (χ1v) is 9.78. The molecule has 0 spiro atoms. The number of ether oxygens (including phenoxy) is 1. The fourth-order valence-corrected chi connectivity index (χ4v) is 3.28. The second-order valence-corrected chi connectivity index (χ2v) is 7.46. The van der Waals surface area contributed by atoms with Gasteiger partial charge in [-0.1, -0.05) is 17.7 Å². The minimum Gasteiger partial charge on any atom is -0.436 e. The summed E-state index contributed by atoms with van der Waals surface area (Å²) in [5, 5.41) is 3.16. The van der Waals surface area contributed by atoms with E-state index in [1.165, 1.54) is 16.7 Å². The van der Waals surface area contributed by atoms with Crippen molar-refractivity contribution in [3.63, 3.8) is 0 Å². The minimum absolute atomic E-state index is 0.0142. The lowest BCUT2D eigenvalue weighted by Gasteiger charge is -2.15. The quantitative estimate of drug-likeness (QED) is 0.483. The molecule has 2 heterocycles. The van der Waals surface area contributed by atoms with Crippen molar-refractivity contribution in [1.82, 2.24) is 19.9 Å². The molecule has 31 heavy (non-hydrogen) atoms. The monoisotopic (exact) mass is 440 g/mol. The molecule has 7 nitrogen and oxygen atoms in total. The zero-order valence-corrected chi connectivity index (χ0v) is 17.4. The van der Waals surface area contributed by atoms with Gasteiger partial charge in [-0.25, -0.2) is 14.2 Å². The van der Waals surface area contributed by atoms with Gasteiger partial charge in [0.1, 0.15) is 0 Å². The van der Waals surface area contributed by atoms with Crippen LogP contribution in [0.4, 0.5) is 4.39 Å². The molecule has 2 aromatic heterocycles. The molecule has 0 saturated heterocycles. The van der Waals surface area contributed by atoms with Crippen molar-refractivity contribution in [2.45, 2.75) is 13.0 Å². The molecular weight excluding hydrogens is 423 g/mol. The van der Waals surface area contributed by atoms with Crippen LogP contribution in [0.1, 0.15) is 28.9 Å². The van der Waals surface area contributed by atoms with Crippen molar-refractivity contribution in [1.29, 1.82) is 0 Å². The number of aryl methyl sites for hydroxylation is 1. The maximum Gasteiger partial charge on any atom is 0.326 e. The second-order valence-electron chi connectivity index (χ2n) is 7.02. The Bertz CT molecular complexity index is 1330. The number of nitrogens with zero attached hydrogens (tertiary/aromatic N) is 2. The molecule has 0 fully saturated rings. The predicted molar refractivity (Wildman–Crippen MR) is 115 cm³/mol. The summed E-state index contributed by atoms with van der Waals surface area (Å²) in [4.78, 5) is 31.2. The largest absolute Gasteiger partial charge is 0.436 e. The van der Waals surface area contributed by atoms with E-state index >= 15 is 0 Å². The Hall–Kier alpha value is -3.65. The molecule has 0 aliphatic rings. The minimum atomic E-state index is -0.587. The van der Waals surface area contributed by atoms with Gasteiger partial charge >= 0.3 is 5.69 Å². The number of benzene rings is 2. The molecule has 0 radical (unpaired) electrons. The maximum absolute atomic E-state index is 13.9. The second kappa shape index (κ2) is 8.23. The number of imidazole rings is 1. The van der Waals surface area contributed by atoms with Crippen molar-refractivity contribution in [3.05, 3.63) is 87.2 Å². The highest BCUT2D eigenvalue weighted by molar-refractivity contribution is 6.30. The average Bonchev–Trinajstić information content (AvgIpc) is 3.03. The summed E-state index contributed by atoms with van der Waals surface area (Å²) in [6.45, 7) is 1.82. The van der Waals surface area contributed by atoms with Gasteiger partial charge in [-0.3, -0.25) is 9.36 Å². The summed E-state index contributed by atoms with van der Waals surface area (Å²) in [7, 11) is 1.66. The van der Waals surface area contributed by atoms with Gasteiger partial charge < -0.3 is 15.0 Å². The van der Waals surface area contributed by atoms with Crippen LogP contribution in [-0.4, -0.2) is 20.4 Å². The molecule has 1 atom stereocenters. The molecule has 2 N–H and O–H groups in total. The predicted octanol–water partition coefficient (Wildman–Crippen LogP) is 4.34. The van der Waals surface area contributed by atoms with E-state index in [1.807, 2.05) is 6.92 Å². The number of fused-ring (bicyclic) bond motifs is 1. The number of hydrogen-bond acceptors (Lipinski definition) is 4. The zero-order valence-electron chi connectivity index (χ0n) is 16.6. The maximum atomic E-state index is 13.9. The van der Waals surface area contributed by atoms with Crippen LogP contribution < -0.4 is 15.7 Å². The normalized spacial score (nSPS) is 12.0. The number of carbonyl (C=O) groups is 1. The van der Waals surface area contributed by atoms with E-state index in [0.29, 0.717) is 16.6 Å². The van der Waals surface area contributed by atoms with Gasteiger partial charge in [0, 0.05) is 29.9 Å². The van der Waals surface area contributed by atoms with Crippen LogP contribution in [-0.2, 0) is 7.05 Å². The first kappa shape index (κ1) is 20.6. The Kier molecular flexibility index (Phi) is 5.48. The molecule has 158 valence electrons. The SMILES string of the molecule is CC(NC(=O)c1ccc2c(c1)[nH]c(=O)n2C)c1ccc(Oc2ccc(Cl)cc2F)nc1. The number of hydrogen-bond donors (Lipinski definition) is 2. The van der Waals surface area contributed by atoms with Crippen LogP contribution in [0.2, 0.25) is 5.02 Å². The lowest BCUT2D eigenvalue weighted by Crippen LogP contribution is -2.26. The summed E-state index contributed by atoms with van der Waals surface area (Å²) in [6, 6.07) is 12.1. The number of pyridine rings is 1. The third kappa shape index (κ3) is 4.29. The molecule has 1 unspecified atom stereocenters. The lowest BCUT2D eigenvalue weighted by molar-refractivity contribution is 0.0940. The first-order chi connectivity index (χ1) is 14.8. The smallest absolute Gasteiger partial charge is 0.326 e. The van der Waals surface area contributed by atoms with Crippen LogP contribution in [0.3, 0.4) is 0 Å². The number of amides is 1. The van der Waals surface area contributed by atoms with Gasteiger partial charge in [-0.05, 0) is 48.9 Å². The Morgan fingerprint density at radius 1 is 1.23 bits per heavy atom. The van der Waals surface area contributed by atoms with E-state index in [4.69, 9.17) is 16.3 Å². The molecule has 9 heteroatoms. The third-order valence-corrected chi connectivity index (χ3v) is 5.12. The Labute approximate surface area is 181 Å². The summed E-state index contributed by atoms with van der Waals surface area (Å²) in [5.74, 6) is -0.652. The molecule has 0 bridgehead atoms. The fourth-order valence-electron chi connectivity index (χ4n) is 3.12. The molecule has 0 aliphatic heterocycles. The number of carbonyl (C=O) groups excluding carboxylic acids is 1. The van der Waals surface area contributed by atoms with Gasteiger partial charge in [0.2, 0.25) is 5.88 Å². The van der Waals surface area contributed by atoms with E-state index in [-0.39, 0.29) is 34.3 Å². The van der Waals surface area contributed by atoms with Gasteiger partial charge in [0.05, 0.1) is 17.1 Å². The number of aromatic nitrogens is 3. The number of H-pyrrole nitrogens is 1. The standard InChI is InChI=1S/C22H18ClFN4O3/c1-12(26-21(29)13-3-6-18-17(9-13)27-22(30)28(18)2)14-4-8-20(25-11-14)31-19-7-5-15(23)10-16(19)24/h3-12H,1-2H3,(H,26,29)(H,27,30). The third-order valence-electron chi connectivity index (χ3n) is 4.88. The highest BCUT2D eigenvalue weighted by Gasteiger charge is 2.14. The highest BCUT2D eigenvalue weighted by atomic mass is 35.5. The van der Waals surface area contributed by atoms with Crippen molar-refractivity contribution >= 4 is 28.5 Å². The van der Waals surface area contributed by atoms with Crippen LogP contribution in [0.25, 0.3) is 11.0 Å². The molecule has 1 amide bonds. The number of halogens is 2. The Balaban J connectivity index is 1.45. The van der Waals surface area contributed by atoms with Crippen LogP contribution in [0, 0.1) is 5.82 Å². The van der Waals surface area contributed by atoms with E-state index in [0.717, 1.165) is 11.6 Å². The average molecular weight is 441 g/mol. The Morgan fingerprint density at radius 2 is 2.03 bits per heavy atom. The van der Waals surface area contributed by atoms with Gasteiger partial charge in [0.15, 0.2) is 11.6 Å². The molecule has 2 aromatic carbocycles. The van der Waals surface area contributed by atoms with E-state index < -0.39 is 5.82 Å². The number of nitrogens with one attached hydrogen (secondary N) is 2. The summed E-state index contributed by atoms with van der Waals surface area (Å²) in [6.07, 6.45) is 1.55. The first-order valence-electron chi connectivity index (χ1n) is 9.40. The molecule has 0 saturated carbocycles. The Morgan fingerprint density at radius 3 is 2.74 bits per heavy atom. The topological polar surface area (TPSA) is 89.0 Å². The summed E-state index contributed by atoms with van der Waals surface area (Å²) >= 11 is 5.74. The highest BCUT2D eigenvalue weighted by Crippen LogP contribution is 2.26.